The smallest absolute Gasteiger partial charge is 0.444 e. The van der Waals surface area contributed by atoms with Crippen LogP contribution in [0.4, 0.5) is 18.0 Å². The molecule has 10 heteroatoms. The lowest BCUT2D eigenvalue weighted by Gasteiger charge is -2.69. The summed E-state index contributed by atoms with van der Waals surface area (Å²) in [6.07, 6.45) is -1.10. The van der Waals surface area contributed by atoms with Crippen molar-refractivity contribution in [2.24, 2.45) is 0 Å². The second kappa shape index (κ2) is 5.59. The largest absolute Gasteiger partial charge is 0.522 e. The molecule has 1 N–H and O–H groups in total. The summed E-state index contributed by atoms with van der Waals surface area (Å²) in [5.41, 5.74) is -0.221. The molecule has 0 spiro atoms. The lowest BCUT2D eigenvalue weighted by molar-refractivity contribution is -0.351. The van der Waals surface area contributed by atoms with E-state index in [1.807, 2.05) is 27.0 Å². The summed E-state index contributed by atoms with van der Waals surface area (Å²) >= 11 is 0. The van der Waals surface area contributed by atoms with Crippen molar-refractivity contribution >= 4 is 6.09 Å². The molecular formula is C17H23F3N4O3. The highest BCUT2D eigenvalue weighted by Gasteiger charge is 2.70. The first-order chi connectivity index (χ1) is 12.4. The molecular weight excluding hydrogens is 365 g/mol. The van der Waals surface area contributed by atoms with E-state index in [1.54, 1.807) is 4.68 Å². The maximum absolute atomic E-state index is 12.2. The molecule has 5 rings (SSSR count). The summed E-state index contributed by atoms with van der Waals surface area (Å²) < 4.78 is 47.7. The van der Waals surface area contributed by atoms with Crippen molar-refractivity contribution in [2.45, 2.75) is 87.9 Å². The van der Waals surface area contributed by atoms with Crippen LogP contribution in [0, 0.1) is 0 Å². The fraction of sp³-hybridized carbons (Fsp3) is 0.824. The standard InChI is InChI=1S/C17H23F3N4O3/c1-14(2,3)27-13(25)21-15-7-16(8-15,9-15)24-6-12(22-23-24)10-4-11(5-10)26-17(18,19)20/h6,10-11H,4-5,7-9H2,1-3H3,(H,21,25)/t10-,11+,15?,16?. The average molecular weight is 388 g/mol. The van der Waals surface area contributed by atoms with Gasteiger partial charge in [-0.05, 0) is 52.9 Å². The molecule has 1 aromatic rings. The minimum absolute atomic E-state index is 0.0488. The first-order valence-electron chi connectivity index (χ1n) is 9.06. The molecule has 4 aliphatic rings. The van der Waals surface area contributed by atoms with E-state index < -0.39 is 24.2 Å². The Morgan fingerprint density at radius 2 is 1.89 bits per heavy atom. The Morgan fingerprint density at radius 3 is 2.44 bits per heavy atom. The van der Waals surface area contributed by atoms with Gasteiger partial charge in [-0.15, -0.1) is 18.3 Å². The number of amides is 1. The van der Waals surface area contributed by atoms with Crippen LogP contribution in [0.2, 0.25) is 0 Å². The molecule has 2 bridgehead atoms. The first-order valence-corrected chi connectivity index (χ1v) is 9.06. The lowest BCUT2D eigenvalue weighted by atomic mass is 9.44. The van der Waals surface area contributed by atoms with Crippen molar-refractivity contribution in [1.29, 1.82) is 0 Å². The van der Waals surface area contributed by atoms with Gasteiger partial charge in [-0.1, -0.05) is 5.21 Å². The number of alkyl halides is 3. The Hall–Kier alpha value is -1.84. The number of nitrogens with zero attached hydrogens (tertiary/aromatic N) is 3. The number of carbonyl (C=O) groups is 1. The monoisotopic (exact) mass is 388 g/mol. The Labute approximate surface area is 154 Å². The van der Waals surface area contributed by atoms with Gasteiger partial charge in [0.25, 0.3) is 0 Å². The Balaban J connectivity index is 1.28. The lowest BCUT2D eigenvalue weighted by Crippen LogP contribution is -2.79. The third kappa shape index (κ3) is 3.51. The van der Waals surface area contributed by atoms with Gasteiger partial charge in [0.1, 0.15) is 5.60 Å². The maximum Gasteiger partial charge on any atom is 0.522 e. The van der Waals surface area contributed by atoms with Crippen LogP contribution in [0.3, 0.4) is 0 Å². The molecule has 1 amide bonds. The summed E-state index contributed by atoms with van der Waals surface area (Å²) in [5.74, 6) is -0.0488. The fourth-order valence-corrected chi connectivity index (χ4v) is 4.42. The number of alkyl carbamates (subject to hydrolysis) is 1. The number of ether oxygens (including phenoxy) is 2. The molecule has 7 nitrogen and oxygen atoms in total. The topological polar surface area (TPSA) is 78.3 Å². The SMILES string of the molecule is CC(C)(C)OC(=O)NC12CC(n3cc([C@H]4C[C@@H](OC(F)(F)F)C4)nn3)(C1)C2. The van der Waals surface area contributed by atoms with Crippen LogP contribution in [-0.4, -0.2) is 44.7 Å². The van der Waals surface area contributed by atoms with Crippen LogP contribution in [0.15, 0.2) is 6.20 Å². The molecule has 0 unspecified atom stereocenters. The molecule has 0 radical (unpaired) electrons. The van der Waals surface area contributed by atoms with Crippen LogP contribution >= 0.6 is 0 Å². The minimum Gasteiger partial charge on any atom is -0.444 e. The molecule has 4 aliphatic carbocycles. The van der Waals surface area contributed by atoms with Crippen LogP contribution in [0.1, 0.15) is 64.5 Å². The summed E-state index contributed by atoms with van der Waals surface area (Å²) in [5, 5.41) is 11.3. The normalized spacial score (nSPS) is 34.9. The van der Waals surface area contributed by atoms with Gasteiger partial charge in [0.2, 0.25) is 0 Å². The summed E-state index contributed by atoms with van der Waals surface area (Å²) in [6, 6.07) is 0. The van der Waals surface area contributed by atoms with Gasteiger partial charge in [-0.25, -0.2) is 9.48 Å². The van der Waals surface area contributed by atoms with Crippen molar-refractivity contribution in [1.82, 2.24) is 20.3 Å². The van der Waals surface area contributed by atoms with Crippen LogP contribution < -0.4 is 5.32 Å². The maximum atomic E-state index is 12.2. The Morgan fingerprint density at radius 1 is 1.26 bits per heavy atom. The van der Waals surface area contributed by atoms with E-state index in [0.29, 0.717) is 18.5 Å². The molecule has 0 atom stereocenters. The number of hydrogen-bond donors (Lipinski definition) is 1. The first kappa shape index (κ1) is 18.5. The number of aromatic nitrogens is 3. The molecule has 27 heavy (non-hydrogen) atoms. The van der Waals surface area contributed by atoms with Crippen molar-refractivity contribution in [2.75, 3.05) is 0 Å². The second-order valence-corrected chi connectivity index (χ2v) is 9.10. The van der Waals surface area contributed by atoms with E-state index in [-0.39, 0.29) is 17.0 Å². The number of halogens is 3. The van der Waals surface area contributed by atoms with E-state index in [0.717, 1.165) is 19.3 Å². The summed E-state index contributed by atoms with van der Waals surface area (Å²) in [7, 11) is 0. The molecule has 1 aromatic heterocycles. The van der Waals surface area contributed by atoms with Crippen molar-refractivity contribution in [3.05, 3.63) is 11.9 Å². The second-order valence-electron chi connectivity index (χ2n) is 9.10. The van der Waals surface area contributed by atoms with Crippen molar-refractivity contribution < 1.29 is 27.4 Å². The number of nitrogens with one attached hydrogen (secondary N) is 1. The molecule has 4 fully saturated rings. The fourth-order valence-electron chi connectivity index (χ4n) is 4.42. The Bertz CT molecular complexity index is 730. The van der Waals surface area contributed by atoms with Crippen LogP contribution in [0.5, 0.6) is 0 Å². The highest BCUT2D eigenvalue weighted by atomic mass is 19.4. The Kier molecular flexibility index (Phi) is 3.83. The van der Waals surface area contributed by atoms with E-state index >= 15 is 0 Å². The van der Waals surface area contributed by atoms with Crippen LogP contribution in [-0.2, 0) is 15.0 Å². The highest BCUT2D eigenvalue weighted by molar-refractivity contribution is 5.70. The summed E-state index contributed by atoms with van der Waals surface area (Å²) in [4.78, 5) is 11.9. The van der Waals surface area contributed by atoms with E-state index in [9.17, 15) is 18.0 Å². The molecule has 0 aromatic carbocycles. The van der Waals surface area contributed by atoms with E-state index in [2.05, 4.69) is 20.4 Å². The quantitative estimate of drug-likeness (QED) is 0.857. The number of hydrogen-bond acceptors (Lipinski definition) is 5. The predicted octanol–water partition coefficient (Wildman–Crippen LogP) is 3.22. The van der Waals surface area contributed by atoms with Crippen molar-refractivity contribution in [3.63, 3.8) is 0 Å². The van der Waals surface area contributed by atoms with Crippen LogP contribution in [0.25, 0.3) is 0 Å². The van der Waals surface area contributed by atoms with Gasteiger partial charge >= 0.3 is 12.5 Å². The van der Waals surface area contributed by atoms with Gasteiger partial charge in [-0.3, -0.25) is 4.74 Å². The predicted molar refractivity (Wildman–Crippen MR) is 86.9 cm³/mol. The zero-order valence-corrected chi connectivity index (χ0v) is 15.5. The zero-order chi connectivity index (χ0) is 19.7. The highest BCUT2D eigenvalue weighted by Crippen LogP contribution is 2.65. The van der Waals surface area contributed by atoms with Gasteiger partial charge in [0, 0.05) is 12.1 Å². The molecule has 1 heterocycles. The zero-order valence-electron chi connectivity index (χ0n) is 15.5. The summed E-state index contributed by atoms with van der Waals surface area (Å²) in [6.45, 7) is 5.45. The third-order valence-electron chi connectivity index (χ3n) is 5.58. The molecule has 150 valence electrons. The number of carbonyl (C=O) groups excluding carboxylic acids is 1. The molecule has 0 aliphatic heterocycles. The van der Waals surface area contributed by atoms with Gasteiger partial charge in [-0.2, -0.15) is 0 Å². The van der Waals surface area contributed by atoms with Crippen molar-refractivity contribution in [3.8, 4) is 0 Å². The molecule has 0 saturated heterocycles. The van der Waals surface area contributed by atoms with E-state index in [4.69, 9.17) is 4.74 Å². The van der Waals surface area contributed by atoms with Gasteiger partial charge in [0.15, 0.2) is 0 Å². The average Bonchev–Trinajstić information content (AvgIpc) is 2.81. The van der Waals surface area contributed by atoms with Gasteiger partial charge in [0.05, 0.1) is 22.9 Å². The molecule has 4 saturated carbocycles. The number of rotatable bonds is 4. The van der Waals surface area contributed by atoms with Gasteiger partial charge < -0.3 is 10.1 Å². The van der Waals surface area contributed by atoms with E-state index in [1.165, 1.54) is 0 Å². The minimum atomic E-state index is -4.59. The third-order valence-corrected chi connectivity index (χ3v) is 5.58.